The first-order valence-corrected chi connectivity index (χ1v) is 11.8. The Hall–Kier alpha value is -3.49. The van der Waals surface area contributed by atoms with Crippen LogP contribution in [0.5, 0.6) is 0 Å². The number of sulfonamides is 1. The Morgan fingerprint density at radius 2 is 1.69 bits per heavy atom. The molecule has 0 fully saturated rings. The van der Waals surface area contributed by atoms with Crippen LogP contribution >= 0.6 is 11.6 Å². The Kier molecular flexibility index (Phi) is 6.34. The molecule has 0 aliphatic carbocycles. The second kappa shape index (κ2) is 9.33. The van der Waals surface area contributed by atoms with E-state index in [-0.39, 0.29) is 5.75 Å². The molecule has 4 aromatic rings. The summed E-state index contributed by atoms with van der Waals surface area (Å²) < 4.78 is 27.9. The maximum Gasteiger partial charge on any atom is 0.236 e. The van der Waals surface area contributed by atoms with Crippen LogP contribution in [0.15, 0.2) is 79.3 Å². The lowest BCUT2D eigenvalue weighted by Gasteiger charge is -2.13. The normalized spacial score (nSPS) is 11.2. The summed E-state index contributed by atoms with van der Waals surface area (Å²) >= 11 is 5.87. The molecule has 162 valence electrons. The Morgan fingerprint density at radius 3 is 2.44 bits per heavy atom. The average Bonchev–Trinajstić information content (AvgIpc) is 2.78. The van der Waals surface area contributed by atoms with Crippen molar-refractivity contribution in [1.82, 2.24) is 15.0 Å². The van der Waals surface area contributed by atoms with Gasteiger partial charge in [0.25, 0.3) is 0 Å². The molecule has 0 amide bonds. The molecule has 2 aromatic heterocycles. The predicted molar refractivity (Wildman–Crippen MR) is 127 cm³/mol. The SMILES string of the molecule is Cc1ccc(NS(=O)(=O)Cc2ccc(Cl)cc2)cc1Nc1nccc(-c2ccncc2)n1. The number of nitrogens with zero attached hydrogens (tertiary/aromatic N) is 3. The Bertz CT molecular complexity index is 1330. The number of halogens is 1. The summed E-state index contributed by atoms with van der Waals surface area (Å²) in [5.41, 5.74) is 4.38. The van der Waals surface area contributed by atoms with Crippen molar-refractivity contribution < 1.29 is 8.42 Å². The number of pyridine rings is 1. The lowest BCUT2D eigenvalue weighted by atomic mass is 10.2. The van der Waals surface area contributed by atoms with Gasteiger partial charge >= 0.3 is 0 Å². The Balaban J connectivity index is 1.52. The van der Waals surface area contributed by atoms with Crippen LogP contribution in [0.3, 0.4) is 0 Å². The van der Waals surface area contributed by atoms with Gasteiger partial charge in [-0.25, -0.2) is 18.4 Å². The number of benzene rings is 2. The van der Waals surface area contributed by atoms with Gasteiger partial charge in [0, 0.05) is 34.9 Å². The number of aryl methyl sites for hydroxylation is 1. The highest BCUT2D eigenvalue weighted by atomic mass is 35.5. The van der Waals surface area contributed by atoms with Gasteiger partial charge in [0.05, 0.1) is 17.1 Å². The van der Waals surface area contributed by atoms with Crippen molar-refractivity contribution >= 4 is 38.9 Å². The summed E-state index contributed by atoms with van der Waals surface area (Å²) in [7, 11) is -3.60. The minimum absolute atomic E-state index is 0.155. The molecular weight excluding hydrogens is 446 g/mol. The van der Waals surface area contributed by atoms with E-state index in [9.17, 15) is 8.42 Å². The molecule has 0 saturated carbocycles. The Labute approximate surface area is 191 Å². The lowest BCUT2D eigenvalue weighted by molar-refractivity contribution is 0.600. The summed E-state index contributed by atoms with van der Waals surface area (Å²) in [6, 6.07) is 17.5. The molecule has 0 aliphatic heterocycles. The first-order chi connectivity index (χ1) is 15.4. The highest BCUT2D eigenvalue weighted by Crippen LogP contribution is 2.25. The van der Waals surface area contributed by atoms with E-state index in [1.807, 2.05) is 31.2 Å². The second-order valence-electron chi connectivity index (χ2n) is 7.14. The molecule has 2 aromatic carbocycles. The zero-order valence-electron chi connectivity index (χ0n) is 17.2. The van der Waals surface area contributed by atoms with Crippen molar-refractivity contribution in [2.45, 2.75) is 12.7 Å². The predicted octanol–water partition coefficient (Wildman–Crippen LogP) is 5.19. The van der Waals surface area contributed by atoms with Crippen molar-refractivity contribution in [3.63, 3.8) is 0 Å². The highest BCUT2D eigenvalue weighted by molar-refractivity contribution is 7.91. The van der Waals surface area contributed by atoms with Gasteiger partial charge < -0.3 is 5.32 Å². The zero-order chi connectivity index (χ0) is 22.6. The fraction of sp³-hybridized carbons (Fsp3) is 0.0870. The van der Waals surface area contributed by atoms with Crippen molar-refractivity contribution in [2.24, 2.45) is 0 Å². The summed E-state index contributed by atoms with van der Waals surface area (Å²) in [6.45, 7) is 1.92. The van der Waals surface area contributed by atoms with Gasteiger partial charge in [0.2, 0.25) is 16.0 Å². The molecule has 4 rings (SSSR count). The fourth-order valence-corrected chi connectivity index (χ4v) is 4.37. The monoisotopic (exact) mass is 465 g/mol. The summed E-state index contributed by atoms with van der Waals surface area (Å²) in [5, 5.41) is 3.74. The molecule has 0 aliphatic rings. The van der Waals surface area contributed by atoms with Crippen LogP contribution in [-0.4, -0.2) is 23.4 Å². The molecule has 0 atom stereocenters. The third-order valence-electron chi connectivity index (χ3n) is 4.66. The van der Waals surface area contributed by atoms with Crippen molar-refractivity contribution in [1.29, 1.82) is 0 Å². The molecule has 2 heterocycles. The maximum absolute atomic E-state index is 12.6. The molecule has 0 bridgehead atoms. The second-order valence-corrected chi connectivity index (χ2v) is 9.30. The number of hydrogen-bond donors (Lipinski definition) is 2. The minimum Gasteiger partial charge on any atom is -0.324 e. The molecule has 7 nitrogen and oxygen atoms in total. The van der Waals surface area contributed by atoms with E-state index in [1.54, 1.807) is 55.0 Å². The number of aromatic nitrogens is 3. The average molecular weight is 466 g/mol. The maximum atomic E-state index is 12.6. The summed E-state index contributed by atoms with van der Waals surface area (Å²) in [6.07, 6.45) is 5.07. The van der Waals surface area contributed by atoms with Gasteiger partial charge in [0.15, 0.2) is 0 Å². The Morgan fingerprint density at radius 1 is 0.938 bits per heavy atom. The van der Waals surface area contributed by atoms with Gasteiger partial charge in [-0.2, -0.15) is 0 Å². The summed E-state index contributed by atoms with van der Waals surface area (Å²) in [4.78, 5) is 12.8. The number of nitrogens with one attached hydrogen (secondary N) is 2. The van der Waals surface area contributed by atoms with Crippen LogP contribution in [0, 0.1) is 6.92 Å². The lowest BCUT2D eigenvalue weighted by Crippen LogP contribution is -2.15. The quantitative estimate of drug-likeness (QED) is 0.390. The topological polar surface area (TPSA) is 96.9 Å². The zero-order valence-corrected chi connectivity index (χ0v) is 18.7. The van der Waals surface area contributed by atoms with Crippen LogP contribution < -0.4 is 10.0 Å². The third kappa shape index (κ3) is 5.60. The van der Waals surface area contributed by atoms with Crippen LogP contribution in [0.25, 0.3) is 11.3 Å². The van der Waals surface area contributed by atoms with E-state index >= 15 is 0 Å². The van der Waals surface area contributed by atoms with Crippen molar-refractivity contribution in [3.8, 4) is 11.3 Å². The molecule has 2 N–H and O–H groups in total. The van der Waals surface area contributed by atoms with Gasteiger partial charge in [-0.05, 0) is 60.5 Å². The highest BCUT2D eigenvalue weighted by Gasteiger charge is 2.13. The van der Waals surface area contributed by atoms with Gasteiger partial charge in [-0.1, -0.05) is 29.8 Å². The smallest absolute Gasteiger partial charge is 0.236 e. The van der Waals surface area contributed by atoms with Crippen molar-refractivity contribution in [3.05, 3.63) is 95.4 Å². The van der Waals surface area contributed by atoms with E-state index in [2.05, 4.69) is 25.0 Å². The van der Waals surface area contributed by atoms with Crippen LogP contribution in [0.2, 0.25) is 5.02 Å². The van der Waals surface area contributed by atoms with E-state index in [1.165, 1.54) is 0 Å². The first-order valence-electron chi connectivity index (χ1n) is 9.74. The molecule has 32 heavy (non-hydrogen) atoms. The fourth-order valence-electron chi connectivity index (χ4n) is 3.06. The first kappa shape index (κ1) is 21.7. The van der Waals surface area contributed by atoms with Crippen molar-refractivity contribution in [2.75, 3.05) is 10.0 Å². The van der Waals surface area contributed by atoms with E-state index in [0.29, 0.717) is 27.9 Å². The number of rotatable bonds is 7. The molecule has 0 spiro atoms. The molecule has 0 saturated heterocycles. The number of anilines is 3. The largest absolute Gasteiger partial charge is 0.324 e. The van der Waals surface area contributed by atoms with Gasteiger partial charge in [-0.3, -0.25) is 9.71 Å². The molecule has 0 radical (unpaired) electrons. The molecule has 9 heteroatoms. The third-order valence-corrected chi connectivity index (χ3v) is 6.17. The standard InChI is InChI=1S/C23H20ClN5O2S/c1-16-2-7-20(29-32(30,31)15-17-3-5-19(24)6-4-17)14-22(16)28-23-26-13-10-21(27-23)18-8-11-25-12-9-18/h2-14,29H,15H2,1H3,(H,26,27,28). The van der Waals surface area contributed by atoms with Gasteiger partial charge in [0.1, 0.15) is 0 Å². The number of hydrogen-bond acceptors (Lipinski definition) is 6. The van der Waals surface area contributed by atoms with Crippen LogP contribution in [0.4, 0.5) is 17.3 Å². The summed E-state index contributed by atoms with van der Waals surface area (Å²) in [5.74, 6) is 0.251. The van der Waals surface area contributed by atoms with E-state index in [4.69, 9.17) is 11.6 Å². The molecule has 0 unspecified atom stereocenters. The van der Waals surface area contributed by atoms with Crippen LogP contribution in [0.1, 0.15) is 11.1 Å². The van der Waals surface area contributed by atoms with E-state index < -0.39 is 10.0 Å². The molecular formula is C23H20ClN5O2S. The van der Waals surface area contributed by atoms with Crippen LogP contribution in [-0.2, 0) is 15.8 Å². The van der Waals surface area contributed by atoms with E-state index in [0.717, 1.165) is 16.8 Å². The minimum atomic E-state index is -3.60. The van der Waals surface area contributed by atoms with Gasteiger partial charge in [-0.15, -0.1) is 0 Å².